The van der Waals surface area contributed by atoms with Crippen molar-refractivity contribution in [2.24, 2.45) is 5.41 Å². The molecule has 1 fully saturated rings. The Morgan fingerprint density at radius 3 is 2.47 bits per heavy atom. The summed E-state index contributed by atoms with van der Waals surface area (Å²) in [5.74, 6) is 1.16. The Bertz CT molecular complexity index is 1040. The van der Waals surface area contributed by atoms with Crippen molar-refractivity contribution in [1.29, 1.82) is 0 Å². The van der Waals surface area contributed by atoms with Gasteiger partial charge in [0.15, 0.2) is 11.5 Å². The Morgan fingerprint density at radius 1 is 1.06 bits per heavy atom. The number of nitrogens with one attached hydrogen (secondary N) is 1. The molecule has 2 aromatic carbocycles. The highest BCUT2D eigenvalue weighted by molar-refractivity contribution is 6.01. The molecule has 1 heterocycles. The van der Waals surface area contributed by atoms with Gasteiger partial charge in [-0.05, 0) is 55.5 Å². The number of benzene rings is 2. The van der Waals surface area contributed by atoms with Crippen molar-refractivity contribution in [3.05, 3.63) is 41.5 Å². The van der Waals surface area contributed by atoms with Crippen LogP contribution in [-0.4, -0.2) is 38.8 Å². The Balaban J connectivity index is 1.71. The van der Waals surface area contributed by atoms with Crippen LogP contribution in [0.2, 0.25) is 0 Å². The second-order valence-electron chi connectivity index (χ2n) is 8.39. The van der Waals surface area contributed by atoms with E-state index in [1.165, 1.54) is 0 Å². The van der Waals surface area contributed by atoms with E-state index in [1.54, 1.807) is 14.2 Å². The lowest BCUT2D eigenvalue weighted by Crippen LogP contribution is -2.28. The van der Waals surface area contributed by atoms with Crippen molar-refractivity contribution < 1.29 is 28.5 Å². The second kappa shape index (κ2) is 8.73. The number of amides is 1. The van der Waals surface area contributed by atoms with Crippen molar-refractivity contribution in [1.82, 2.24) is 5.32 Å². The van der Waals surface area contributed by atoms with Crippen molar-refractivity contribution >= 4 is 11.9 Å². The molecular formula is C25H29NO6. The van der Waals surface area contributed by atoms with Crippen LogP contribution in [0.1, 0.15) is 49.0 Å². The van der Waals surface area contributed by atoms with Crippen molar-refractivity contribution in [3.8, 4) is 28.4 Å². The molecule has 0 unspecified atom stereocenters. The average molecular weight is 440 g/mol. The van der Waals surface area contributed by atoms with Gasteiger partial charge in [0.05, 0.1) is 20.3 Å². The maximum atomic E-state index is 12.7. The minimum absolute atomic E-state index is 0.0884. The molecule has 1 aliphatic carbocycles. The van der Waals surface area contributed by atoms with E-state index in [1.807, 2.05) is 44.2 Å². The van der Waals surface area contributed by atoms with Gasteiger partial charge in [-0.15, -0.1) is 0 Å². The lowest BCUT2D eigenvalue weighted by Gasteiger charge is -2.22. The number of carbonyl (C=O) groups excluding carboxylic acids is 2. The number of ether oxygens (including phenoxy) is 4. The van der Waals surface area contributed by atoms with Crippen LogP contribution in [0.3, 0.4) is 0 Å². The maximum Gasteiger partial charge on any atom is 0.315 e. The zero-order valence-corrected chi connectivity index (χ0v) is 18.9. The third-order valence-corrected chi connectivity index (χ3v) is 6.30. The Kier molecular flexibility index (Phi) is 6.00. The van der Waals surface area contributed by atoms with Gasteiger partial charge in [-0.25, -0.2) is 0 Å². The molecule has 1 N–H and O–H groups in total. The molecule has 0 bridgehead atoms. The van der Waals surface area contributed by atoms with Gasteiger partial charge in [0.2, 0.25) is 5.75 Å². The Morgan fingerprint density at radius 2 is 1.81 bits per heavy atom. The van der Waals surface area contributed by atoms with E-state index < -0.39 is 5.41 Å². The summed E-state index contributed by atoms with van der Waals surface area (Å²) in [5, 5.41) is 2.87. The van der Waals surface area contributed by atoms with E-state index in [9.17, 15) is 9.59 Å². The number of esters is 1. The van der Waals surface area contributed by atoms with Crippen LogP contribution in [-0.2, 0) is 16.1 Å². The third-order valence-electron chi connectivity index (χ3n) is 6.30. The minimum atomic E-state index is -0.634. The molecule has 2 aliphatic rings. The summed E-state index contributed by atoms with van der Waals surface area (Å²) in [4.78, 5) is 24.9. The van der Waals surface area contributed by atoms with Crippen LogP contribution in [0.5, 0.6) is 17.2 Å². The number of rotatable bonds is 9. The van der Waals surface area contributed by atoms with Crippen LogP contribution in [0, 0.1) is 5.41 Å². The number of hydrogen-bond acceptors (Lipinski definition) is 6. The van der Waals surface area contributed by atoms with Crippen LogP contribution >= 0.6 is 0 Å². The van der Waals surface area contributed by atoms with Gasteiger partial charge in [-0.3, -0.25) is 9.59 Å². The summed E-state index contributed by atoms with van der Waals surface area (Å²) >= 11 is 0. The Labute approximate surface area is 188 Å². The highest BCUT2D eigenvalue weighted by Gasteiger charge is 2.53. The van der Waals surface area contributed by atoms with Crippen LogP contribution < -0.4 is 19.5 Å². The van der Waals surface area contributed by atoms with E-state index in [0.29, 0.717) is 29.4 Å². The normalized spacial score (nSPS) is 16.6. The first kappa shape index (κ1) is 22.0. The van der Waals surface area contributed by atoms with Gasteiger partial charge in [-0.2, -0.15) is 0 Å². The van der Waals surface area contributed by atoms with Gasteiger partial charge < -0.3 is 24.3 Å². The number of methoxy groups -OCH3 is 2. The number of hydrogen-bond donors (Lipinski definition) is 1. The zero-order valence-electron chi connectivity index (χ0n) is 18.9. The van der Waals surface area contributed by atoms with E-state index in [-0.39, 0.29) is 24.6 Å². The minimum Gasteiger partial charge on any atom is -0.493 e. The van der Waals surface area contributed by atoms with E-state index in [0.717, 1.165) is 36.0 Å². The highest BCUT2D eigenvalue weighted by Crippen LogP contribution is 2.51. The van der Waals surface area contributed by atoms with Crippen LogP contribution in [0.25, 0.3) is 11.1 Å². The molecule has 0 saturated heterocycles. The molecule has 32 heavy (non-hydrogen) atoms. The molecule has 0 aromatic heterocycles. The van der Waals surface area contributed by atoms with E-state index in [4.69, 9.17) is 18.9 Å². The summed E-state index contributed by atoms with van der Waals surface area (Å²) in [5.41, 5.74) is 2.59. The molecule has 2 aromatic rings. The summed E-state index contributed by atoms with van der Waals surface area (Å²) in [6, 6.07) is 9.33. The van der Waals surface area contributed by atoms with Gasteiger partial charge in [0.1, 0.15) is 12.0 Å². The predicted octanol–water partition coefficient (Wildman–Crippen LogP) is 4.11. The lowest BCUT2D eigenvalue weighted by atomic mass is 9.95. The summed E-state index contributed by atoms with van der Waals surface area (Å²) in [6.45, 7) is 4.51. The second-order valence-corrected chi connectivity index (χ2v) is 8.39. The van der Waals surface area contributed by atoms with Gasteiger partial charge in [0, 0.05) is 17.7 Å². The molecule has 170 valence electrons. The SMILES string of the molecule is CC[C@@H](C)OC(=O)C1(COc2c(-c3cccc4c3CNC4=O)ccc(OC)c2OC)CC1. The summed E-state index contributed by atoms with van der Waals surface area (Å²) < 4.78 is 23.0. The topological polar surface area (TPSA) is 83.1 Å². The lowest BCUT2D eigenvalue weighted by molar-refractivity contribution is -0.156. The molecule has 4 rings (SSSR count). The van der Waals surface area contributed by atoms with Crippen molar-refractivity contribution in [2.45, 2.75) is 45.8 Å². The molecule has 1 amide bonds. The fourth-order valence-corrected chi connectivity index (χ4v) is 3.92. The molecule has 0 spiro atoms. The average Bonchev–Trinajstić information content (AvgIpc) is 3.52. The molecule has 1 saturated carbocycles. The third kappa shape index (κ3) is 3.87. The Hall–Kier alpha value is -3.22. The molecule has 0 radical (unpaired) electrons. The first-order valence-electron chi connectivity index (χ1n) is 10.9. The fourth-order valence-electron chi connectivity index (χ4n) is 3.92. The standard InChI is InChI=1S/C25H29NO6/c1-5-15(2)32-24(28)25(11-12-25)14-31-21-17(9-10-20(29-3)22(21)30-4)16-7-6-8-18-19(16)13-26-23(18)27/h6-10,15H,5,11-14H2,1-4H3,(H,26,27)/t15-/m1/s1. The molecule has 1 aliphatic heterocycles. The monoisotopic (exact) mass is 439 g/mol. The van der Waals surface area contributed by atoms with Gasteiger partial charge >= 0.3 is 5.97 Å². The van der Waals surface area contributed by atoms with E-state index >= 15 is 0 Å². The number of fused-ring (bicyclic) bond motifs is 1. The quantitative estimate of drug-likeness (QED) is 0.592. The van der Waals surface area contributed by atoms with Gasteiger partial charge in [-0.1, -0.05) is 19.1 Å². The summed E-state index contributed by atoms with van der Waals surface area (Å²) in [7, 11) is 3.12. The zero-order chi connectivity index (χ0) is 22.9. The number of carbonyl (C=O) groups is 2. The highest BCUT2D eigenvalue weighted by atomic mass is 16.6. The molecule has 1 atom stereocenters. The van der Waals surface area contributed by atoms with Gasteiger partial charge in [0.25, 0.3) is 5.91 Å². The fraction of sp³-hybridized carbons (Fsp3) is 0.440. The smallest absolute Gasteiger partial charge is 0.315 e. The summed E-state index contributed by atoms with van der Waals surface area (Å²) in [6.07, 6.45) is 2.09. The van der Waals surface area contributed by atoms with Crippen LogP contribution in [0.4, 0.5) is 0 Å². The molecular weight excluding hydrogens is 410 g/mol. The maximum absolute atomic E-state index is 12.7. The van der Waals surface area contributed by atoms with E-state index in [2.05, 4.69) is 5.32 Å². The van der Waals surface area contributed by atoms with Crippen molar-refractivity contribution in [3.63, 3.8) is 0 Å². The predicted molar refractivity (Wildman–Crippen MR) is 119 cm³/mol. The van der Waals surface area contributed by atoms with Crippen molar-refractivity contribution in [2.75, 3.05) is 20.8 Å². The van der Waals surface area contributed by atoms with Crippen LogP contribution in [0.15, 0.2) is 30.3 Å². The first-order chi connectivity index (χ1) is 15.4. The molecule has 7 heteroatoms. The first-order valence-corrected chi connectivity index (χ1v) is 10.9. The largest absolute Gasteiger partial charge is 0.493 e. The molecule has 7 nitrogen and oxygen atoms in total.